The van der Waals surface area contributed by atoms with Crippen LogP contribution < -0.4 is 0 Å². The van der Waals surface area contributed by atoms with E-state index in [1.165, 1.54) is 0 Å². The van der Waals surface area contributed by atoms with Gasteiger partial charge in [-0.25, -0.2) is 8.78 Å². The molecule has 0 atom stereocenters. The number of alkyl halides is 2. The van der Waals surface area contributed by atoms with Gasteiger partial charge in [-0.05, 0) is 6.42 Å². The lowest BCUT2D eigenvalue weighted by molar-refractivity contribution is -0.0186. The number of unbranched alkanes of at least 4 members (excludes halogenated alkanes) is 1. The number of hydrogen-bond acceptors (Lipinski definition) is 0. The third-order valence-electron chi connectivity index (χ3n) is 1.51. The molecular weight excluding hydrogens is 134 g/mol. The average molecular weight is 150 g/mol. The molecule has 0 radical (unpaired) electrons. The Morgan fingerprint density at radius 3 is 2.00 bits per heavy atom. The first kappa shape index (κ1) is 9.86. The summed E-state index contributed by atoms with van der Waals surface area (Å²) in [6.45, 7) is 3.72. The first-order valence-corrected chi connectivity index (χ1v) is 4.00. The van der Waals surface area contributed by atoms with Crippen molar-refractivity contribution in [3.8, 4) is 0 Å². The highest BCUT2D eigenvalue weighted by Gasteiger charge is 2.25. The number of halogens is 2. The van der Waals surface area contributed by atoms with Gasteiger partial charge in [0.2, 0.25) is 5.92 Å². The summed E-state index contributed by atoms with van der Waals surface area (Å²) < 4.78 is 25.2. The summed E-state index contributed by atoms with van der Waals surface area (Å²) in [7, 11) is 0. The molecule has 0 aliphatic heterocycles. The molecule has 0 nitrogen and oxygen atoms in total. The molecule has 62 valence electrons. The molecule has 0 aliphatic carbocycles. The van der Waals surface area contributed by atoms with Crippen molar-refractivity contribution >= 4 is 0 Å². The van der Waals surface area contributed by atoms with Crippen LogP contribution in [-0.2, 0) is 0 Å². The van der Waals surface area contributed by atoms with Gasteiger partial charge >= 0.3 is 0 Å². The van der Waals surface area contributed by atoms with Gasteiger partial charge in [0.15, 0.2) is 0 Å². The van der Waals surface area contributed by atoms with Gasteiger partial charge in [0.25, 0.3) is 0 Å². The summed E-state index contributed by atoms with van der Waals surface area (Å²) in [6, 6.07) is 0. The minimum Gasteiger partial charge on any atom is -0.207 e. The van der Waals surface area contributed by atoms with Gasteiger partial charge in [-0.15, -0.1) is 0 Å². The van der Waals surface area contributed by atoms with E-state index in [0.29, 0.717) is 12.8 Å². The molecule has 0 fully saturated rings. The molecule has 0 N–H and O–H groups in total. The van der Waals surface area contributed by atoms with Crippen LogP contribution in [-0.4, -0.2) is 5.92 Å². The Labute approximate surface area is 61.6 Å². The van der Waals surface area contributed by atoms with Crippen molar-refractivity contribution in [1.82, 2.24) is 0 Å². The van der Waals surface area contributed by atoms with Gasteiger partial charge in [-0.3, -0.25) is 0 Å². The van der Waals surface area contributed by atoms with Gasteiger partial charge in [-0.1, -0.05) is 26.7 Å². The molecule has 10 heavy (non-hydrogen) atoms. The van der Waals surface area contributed by atoms with Gasteiger partial charge in [0.05, 0.1) is 0 Å². The molecule has 0 saturated carbocycles. The van der Waals surface area contributed by atoms with Crippen LogP contribution in [0.3, 0.4) is 0 Å². The lowest BCUT2D eigenvalue weighted by Crippen LogP contribution is -2.14. The van der Waals surface area contributed by atoms with Crippen LogP contribution in [0.4, 0.5) is 8.78 Å². The topological polar surface area (TPSA) is 0 Å². The number of hydrogen-bond donors (Lipinski definition) is 0. The smallest absolute Gasteiger partial charge is 0.207 e. The van der Waals surface area contributed by atoms with E-state index in [2.05, 4.69) is 0 Å². The van der Waals surface area contributed by atoms with E-state index in [-0.39, 0.29) is 12.8 Å². The highest BCUT2D eigenvalue weighted by Crippen LogP contribution is 2.26. The summed E-state index contributed by atoms with van der Waals surface area (Å²) in [4.78, 5) is 0. The van der Waals surface area contributed by atoms with Crippen molar-refractivity contribution in [3.63, 3.8) is 0 Å². The Morgan fingerprint density at radius 2 is 1.60 bits per heavy atom. The highest BCUT2D eigenvalue weighted by molar-refractivity contribution is 4.64. The van der Waals surface area contributed by atoms with E-state index < -0.39 is 5.92 Å². The lowest BCUT2D eigenvalue weighted by Gasteiger charge is -2.13. The Kier molecular flexibility index (Phi) is 4.58. The molecule has 0 unspecified atom stereocenters. The predicted molar refractivity (Wildman–Crippen MR) is 39.4 cm³/mol. The summed E-state index contributed by atoms with van der Waals surface area (Å²) in [5, 5.41) is 0. The summed E-state index contributed by atoms with van der Waals surface area (Å²) >= 11 is 0. The second-order valence-corrected chi connectivity index (χ2v) is 2.71. The first-order chi connectivity index (χ1) is 4.62. The van der Waals surface area contributed by atoms with Crippen molar-refractivity contribution in [1.29, 1.82) is 0 Å². The monoisotopic (exact) mass is 150 g/mol. The summed E-state index contributed by atoms with van der Waals surface area (Å²) in [6.07, 6.45) is 2.20. The van der Waals surface area contributed by atoms with Crippen LogP contribution >= 0.6 is 0 Å². The van der Waals surface area contributed by atoms with Crippen LogP contribution in [0.15, 0.2) is 0 Å². The Morgan fingerprint density at radius 1 is 1.00 bits per heavy atom. The van der Waals surface area contributed by atoms with E-state index in [4.69, 9.17) is 0 Å². The largest absolute Gasteiger partial charge is 0.248 e. The molecule has 0 aliphatic rings. The van der Waals surface area contributed by atoms with Crippen LogP contribution in [0.2, 0.25) is 0 Å². The third kappa shape index (κ3) is 4.71. The molecule has 0 spiro atoms. The van der Waals surface area contributed by atoms with E-state index in [9.17, 15) is 8.78 Å². The second-order valence-electron chi connectivity index (χ2n) is 2.71. The molecule has 2 heteroatoms. The summed E-state index contributed by atoms with van der Waals surface area (Å²) in [5.41, 5.74) is 0. The SMILES string of the molecule is CCCCC(F)(F)CCC. The van der Waals surface area contributed by atoms with Crippen LogP contribution in [0, 0.1) is 0 Å². The molecule has 0 heterocycles. The number of rotatable bonds is 5. The first-order valence-electron chi connectivity index (χ1n) is 4.00. The van der Waals surface area contributed by atoms with E-state index in [1.807, 2.05) is 6.92 Å². The normalized spacial score (nSPS) is 12.0. The standard InChI is InChI=1S/C8H16F2/c1-3-5-7-8(9,10)6-4-2/h3-7H2,1-2H3. The van der Waals surface area contributed by atoms with Crippen molar-refractivity contribution in [2.45, 2.75) is 51.9 Å². The zero-order chi connectivity index (χ0) is 8.04. The molecule has 0 amide bonds. The molecule has 0 aromatic heterocycles. The van der Waals surface area contributed by atoms with E-state index in [1.54, 1.807) is 6.92 Å². The Balaban J connectivity index is 3.42. The quantitative estimate of drug-likeness (QED) is 0.561. The molecular formula is C8H16F2. The highest BCUT2D eigenvalue weighted by atomic mass is 19.3. The van der Waals surface area contributed by atoms with Gasteiger partial charge in [0.1, 0.15) is 0 Å². The van der Waals surface area contributed by atoms with Gasteiger partial charge < -0.3 is 0 Å². The van der Waals surface area contributed by atoms with Crippen LogP contribution in [0.25, 0.3) is 0 Å². The van der Waals surface area contributed by atoms with Crippen LogP contribution in [0.5, 0.6) is 0 Å². The average Bonchev–Trinajstić information content (AvgIpc) is 1.84. The zero-order valence-corrected chi connectivity index (χ0v) is 6.79. The maximum atomic E-state index is 12.6. The Hall–Kier alpha value is -0.140. The maximum Gasteiger partial charge on any atom is 0.248 e. The summed E-state index contributed by atoms with van der Waals surface area (Å²) in [5.74, 6) is -2.40. The fraction of sp³-hybridized carbons (Fsp3) is 1.00. The molecule has 0 rings (SSSR count). The van der Waals surface area contributed by atoms with Crippen molar-refractivity contribution < 1.29 is 8.78 Å². The fourth-order valence-corrected chi connectivity index (χ4v) is 0.926. The maximum absolute atomic E-state index is 12.6. The predicted octanol–water partition coefficient (Wildman–Crippen LogP) is 3.61. The van der Waals surface area contributed by atoms with Gasteiger partial charge in [0, 0.05) is 12.8 Å². The minimum absolute atomic E-state index is 0.0486. The molecule has 0 bridgehead atoms. The van der Waals surface area contributed by atoms with Crippen molar-refractivity contribution in [2.75, 3.05) is 0 Å². The van der Waals surface area contributed by atoms with Crippen LogP contribution in [0.1, 0.15) is 46.0 Å². The van der Waals surface area contributed by atoms with Crippen molar-refractivity contribution in [3.05, 3.63) is 0 Å². The molecule has 0 saturated heterocycles. The molecule has 0 aromatic rings. The fourth-order valence-electron chi connectivity index (χ4n) is 0.926. The third-order valence-corrected chi connectivity index (χ3v) is 1.51. The second kappa shape index (κ2) is 4.64. The lowest BCUT2D eigenvalue weighted by atomic mass is 10.1. The van der Waals surface area contributed by atoms with Crippen molar-refractivity contribution in [2.24, 2.45) is 0 Å². The minimum atomic E-state index is -2.40. The van der Waals surface area contributed by atoms with E-state index in [0.717, 1.165) is 6.42 Å². The zero-order valence-electron chi connectivity index (χ0n) is 6.79. The van der Waals surface area contributed by atoms with Gasteiger partial charge in [-0.2, -0.15) is 0 Å². The Bertz CT molecular complexity index is 79.3. The van der Waals surface area contributed by atoms with E-state index >= 15 is 0 Å². The molecule has 0 aromatic carbocycles.